The molecule has 9 heteroatoms. The first-order valence-electron chi connectivity index (χ1n) is 19.7. The molecule has 0 aromatic rings. The SMILES string of the molecule is CCCCCCCCCCCCCC(=O)OCC(COC(=O)NCCCOC(C)(C)CO)OC(=O)CCCCCCCCCCCCC. The monoisotopic (exact) mass is 686 g/mol. The van der Waals surface area contributed by atoms with Gasteiger partial charge in [-0.1, -0.05) is 142 Å². The summed E-state index contributed by atoms with van der Waals surface area (Å²) in [5.41, 5.74) is -0.629. The Hall–Kier alpha value is -1.87. The molecule has 0 aliphatic carbocycles. The predicted molar refractivity (Wildman–Crippen MR) is 194 cm³/mol. The fourth-order valence-electron chi connectivity index (χ4n) is 5.36. The lowest BCUT2D eigenvalue weighted by molar-refractivity contribution is -0.161. The molecule has 0 spiro atoms. The Morgan fingerprint density at radius 1 is 0.583 bits per heavy atom. The van der Waals surface area contributed by atoms with Crippen molar-refractivity contribution in [1.29, 1.82) is 0 Å². The maximum atomic E-state index is 12.6. The number of nitrogens with one attached hydrogen (secondary N) is 1. The normalized spacial score (nSPS) is 12.1. The zero-order chi connectivity index (χ0) is 35.6. The van der Waals surface area contributed by atoms with Gasteiger partial charge in [-0.3, -0.25) is 9.59 Å². The summed E-state index contributed by atoms with van der Waals surface area (Å²) in [7, 11) is 0. The Morgan fingerprint density at radius 3 is 1.46 bits per heavy atom. The Labute approximate surface area is 294 Å². The average Bonchev–Trinajstić information content (AvgIpc) is 3.07. The standard InChI is InChI=1S/C39H75NO8/c1-5-7-9-11-13-15-17-19-21-23-25-28-36(42)45-32-35(33-46-38(44)40-30-27-31-47-39(3,4)34-41)48-37(43)29-26-24-22-20-18-16-14-12-10-8-6-2/h35,41H,5-34H2,1-4H3,(H,40,44). The van der Waals surface area contributed by atoms with Gasteiger partial charge in [-0.15, -0.1) is 0 Å². The van der Waals surface area contributed by atoms with E-state index in [0.717, 1.165) is 38.5 Å². The zero-order valence-corrected chi connectivity index (χ0v) is 31.6. The van der Waals surface area contributed by atoms with Crippen LogP contribution in [-0.4, -0.2) is 67.8 Å². The van der Waals surface area contributed by atoms with E-state index in [2.05, 4.69) is 19.2 Å². The summed E-state index contributed by atoms with van der Waals surface area (Å²) < 4.78 is 21.9. The molecule has 0 saturated carbocycles. The summed E-state index contributed by atoms with van der Waals surface area (Å²) in [6.45, 7) is 8.33. The number of hydrogen-bond donors (Lipinski definition) is 2. The number of aliphatic hydroxyl groups is 1. The Kier molecular flexibility index (Phi) is 32.3. The van der Waals surface area contributed by atoms with E-state index in [1.165, 1.54) is 103 Å². The summed E-state index contributed by atoms with van der Waals surface area (Å²) in [5, 5.41) is 11.9. The first-order valence-corrected chi connectivity index (χ1v) is 19.7. The Morgan fingerprint density at radius 2 is 1.00 bits per heavy atom. The van der Waals surface area contributed by atoms with Crippen molar-refractivity contribution in [3.05, 3.63) is 0 Å². The molecule has 1 unspecified atom stereocenters. The van der Waals surface area contributed by atoms with Crippen molar-refractivity contribution in [3.8, 4) is 0 Å². The predicted octanol–water partition coefficient (Wildman–Crippen LogP) is 9.75. The van der Waals surface area contributed by atoms with Gasteiger partial charge < -0.3 is 29.4 Å². The van der Waals surface area contributed by atoms with Gasteiger partial charge in [-0.2, -0.15) is 0 Å². The van der Waals surface area contributed by atoms with E-state index in [1.807, 2.05) is 0 Å². The first-order chi connectivity index (χ1) is 23.2. The second-order valence-corrected chi connectivity index (χ2v) is 14.0. The molecule has 284 valence electrons. The fraction of sp³-hybridized carbons (Fsp3) is 0.923. The first kappa shape index (κ1) is 46.1. The van der Waals surface area contributed by atoms with E-state index in [-0.39, 0.29) is 38.2 Å². The van der Waals surface area contributed by atoms with Crippen molar-refractivity contribution in [3.63, 3.8) is 0 Å². The van der Waals surface area contributed by atoms with Crippen molar-refractivity contribution >= 4 is 18.0 Å². The molecule has 48 heavy (non-hydrogen) atoms. The second kappa shape index (κ2) is 33.6. The third-order valence-electron chi connectivity index (χ3n) is 8.56. The number of carbonyl (C=O) groups is 3. The molecule has 0 rings (SSSR count). The van der Waals surface area contributed by atoms with Crippen LogP contribution in [0.3, 0.4) is 0 Å². The third kappa shape index (κ3) is 32.7. The maximum absolute atomic E-state index is 12.6. The minimum atomic E-state index is -0.856. The molecule has 0 aliphatic rings. The molecule has 1 atom stereocenters. The lowest BCUT2D eigenvalue weighted by Crippen LogP contribution is -2.34. The van der Waals surface area contributed by atoms with Gasteiger partial charge in [0.25, 0.3) is 0 Å². The highest BCUT2D eigenvalue weighted by Gasteiger charge is 2.20. The molecule has 9 nitrogen and oxygen atoms in total. The molecule has 0 aromatic carbocycles. The summed E-state index contributed by atoms with van der Waals surface area (Å²) in [6.07, 6.45) is 26.1. The highest BCUT2D eigenvalue weighted by atomic mass is 16.6. The topological polar surface area (TPSA) is 120 Å². The van der Waals surface area contributed by atoms with Crippen molar-refractivity contribution in [2.45, 2.75) is 200 Å². The van der Waals surface area contributed by atoms with Crippen LogP contribution in [0.1, 0.15) is 188 Å². The number of hydrogen-bond acceptors (Lipinski definition) is 8. The number of alkyl carbamates (subject to hydrolysis) is 1. The van der Waals surface area contributed by atoms with Crippen LogP contribution in [0.4, 0.5) is 4.79 Å². The van der Waals surface area contributed by atoms with Crippen LogP contribution in [0.5, 0.6) is 0 Å². The second-order valence-electron chi connectivity index (χ2n) is 14.0. The van der Waals surface area contributed by atoms with Crippen molar-refractivity contribution in [2.75, 3.05) is 33.0 Å². The summed E-state index contributed by atoms with van der Waals surface area (Å²) in [5.74, 6) is -0.697. The van der Waals surface area contributed by atoms with Crippen LogP contribution < -0.4 is 5.32 Å². The molecule has 0 heterocycles. The Balaban J connectivity index is 4.38. The molecule has 0 aliphatic heterocycles. The lowest BCUT2D eigenvalue weighted by Gasteiger charge is -2.22. The van der Waals surface area contributed by atoms with Crippen molar-refractivity contribution < 1.29 is 38.4 Å². The van der Waals surface area contributed by atoms with E-state index in [1.54, 1.807) is 13.8 Å². The smallest absolute Gasteiger partial charge is 0.407 e. The van der Waals surface area contributed by atoms with Crippen molar-refractivity contribution in [2.24, 2.45) is 0 Å². The number of carbonyl (C=O) groups excluding carboxylic acids is 3. The van der Waals surface area contributed by atoms with E-state index in [4.69, 9.17) is 18.9 Å². The zero-order valence-electron chi connectivity index (χ0n) is 31.6. The Bertz CT molecular complexity index is 760. The number of esters is 2. The molecular formula is C39H75NO8. The van der Waals surface area contributed by atoms with Gasteiger partial charge in [-0.25, -0.2) is 4.79 Å². The van der Waals surface area contributed by atoms with E-state index in [9.17, 15) is 19.5 Å². The van der Waals surface area contributed by atoms with Crippen LogP contribution in [0, 0.1) is 0 Å². The third-order valence-corrected chi connectivity index (χ3v) is 8.56. The van der Waals surface area contributed by atoms with Crippen molar-refractivity contribution in [1.82, 2.24) is 5.32 Å². The van der Waals surface area contributed by atoms with Gasteiger partial charge in [-0.05, 0) is 33.1 Å². The maximum Gasteiger partial charge on any atom is 0.407 e. The molecule has 2 N–H and O–H groups in total. The van der Waals surface area contributed by atoms with E-state index >= 15 is 0 Å². The number of unbranched alkanes of at least 4 members (excludes halogenated alkanes) is 20. The van der Waals surface area contributed by atoms with Crippen LogP contribution in [0.15, 0.2) is 0 Å². The van der Waals surface area contributed by atoms with E-state index < -0.39 is 17.8 Å². The van der Waals surface area contributed by atoms with E-state index in [0.29, 0.717) is 26.0 Å². The lowest BCUT2D eigenvalue weighted by atomic mass is 10.1. The number of aliphatic hydroxyl groups excluding tert-OH is 1. The minimum Gasteiger partial charge on any atom is -0.462 e. The van der Waals surface area contributed by atoms with Gasteiger partial charge in [0.1, 0.15) is 13.2 Å². The molecule has 0 aromatic heterocycles. The van der Waals surface area contributed by atoms with Crippen LogP contribution in [0.25, 0.3) is 0 Å². The molecule has 0 bridgehead atoms. The van der Waals surface area contributed by atoms with Crippen LogP contribution >= 0.6 is 0 Å². The minimum absolute atomic E-state index is 0.0916. The molecule has 0 fully saturated rings. The highest BCUT2D eigenvalue weighted by molar-refractivity contribution is 5.70. The molecular weight excluding hydrogens is 610 g/mol. The van der Waals surface area contributed by atoms with Gasteiger partial charge in [0.15, 0.2) is 6.10 Å². The average molecular weight is 686 g/mol. The van der Waals surface area contributed by atoms with Crippen LogP contribution in [-0.2, 0) is 28.5 Å². The molecule has 0 radical (unpaired) electrons. The summed E-state index contributed by atoms with van der Waals surface area (Å²) in [6, 6.07) is 0. The van der Waals surface area contributed by atoms with Crippen LogP contribution in [0.2, 0.25) is 0 Å². The molecule has 1 amide bonds. The fourth-order valence-corrected chi connectivity index (χ4v) is 5.36. The number of amides is 1. The largest absolute Gasteiger partial charge is 0.462 e. The van der Waals surface area contributed by atoms with Gasteiger partial charge in [0, 0.05) is 26.0 Å². The molecule has 0 saturated heterocycles. The highest BCUT2D eigenvalue weighted by Crippen LogP contribution is 2.14. The quantitative estimate of drug-likeness (QED) is 0.0384. The summed E-state index contributed by atoms with van der Waals surface area (Å²) in [4.78, 5) is 37.2. The summed E-state index contributed by atoms with van der Waals surface area (Å²) >= 11 is 0. The number of ether oxygens (including phenoxy) is 4. The number of rotatable bonds is 35. The van der Waals surface area contributed by atoms with Gasteiger partial charge in [0.2, 0.25) is 0 Å². The van der Waals surface area contributed by atoms with Gasteiger partial charge >= 0.3 is 18.0 Å². The van der Waals surface area contributed by atoms with Gasteiger partial charge in [0.05, 0.1) is 12.2 Å².